The van der Waals surface area contributed by atoms with Crippen LogP contribution in [0, 0.1) is 0 Å². The first-order valence-electron chi connectivity index (χ1n) is 6.86. The molecule has 4 heteroatoms. The minimum atomic E-state index is -0.657. The first-order chi connectivity index (χ1) is 10.2. The van der Waals surface area contributed by atoms with Gasteiger partial charge in [-0.15, -0.1) is 11.8 Å². The molecule has 0 aliphatic heterocycles. The zero-order chi connectivity index (χ0) is 15.2. The van der Waals surface area contributed by atoms with Crippen LogP contribution in [0.1, 0.15) is 23.1 Å². The third-order valence-electron chi connectivity index (χ3n) is 3.63. The van der Waals surface area contributed by atoms with Crippen LogP contribution < -0.4 is 10.5 Å². The van der Waals surface area contributed by atoms with Crippen molar-refractivity contribution in [2.24, 2.45) is 5.73 Å². The molecule has 0 bridgehead atoms. The number of aliphatic hydroxyl groups is 1. The van der Waals surface area contributed by atoms with Crippen LogP contribution in [0.5, 0.6) is 5.75 Å². The van der Waals surface area contributed by atoms with Crippen LogP contribution in [0.4, 0.5) is 0 Å². The molecule has 0 aliphatic rings. The fourth-order valence-corrected chi connectivity index (χ4v) is 3.17. The molecule has 0 radical (unpaired) electrons. The lowest BCUT2D eigenvalue weighted by Crippen LogP contribution is -2.21. The van der Waals surface area contributed by atoms with Crippen LogP contribution in [0.2, 0.25) is 0 Å². The standard InChI is InChI=1S/C17H21NO2S/c1-20-15-9-5-3-7-12(15)14(11-18)17(19)13-8-4-6-10-16(13)21-2/h3-10,14,17,19H,11,18H2,1-2H3. The third kappa shape index (κ3) is 3.40. The van der Waals surface area contributed by atoms with E-state index in [-0.39, 0.29) is 5.92 Å². The quantitative estimate of drug-likeness (QED) is 0.805. The normalized spacial score (nSPS) is 13.7. The van der Waals surface area contributed by atoms with Crippen molar-refractivity contribution in [3.8, 4) is 5.75 Å². The molecule has 0 aliphatic carbocycles. The van der Waals surface area contributed by atoms with E-state index in [1.54, 1.807) is 18.9 Å². The van der Waals surface area contributed by atoms with Gasteiger partial charge < -0.3 is 15.6 Å². The van der Waals surface area contributed by atoms with Crippen LogP contribution in [0.15, 0.2) is 53.4 Å². The van der Waals surface area contributed by atoms with E-state index in [9.17, 15) is 5.11 Å². The number of aliphatic hydroxyl groups excluding tert-OH is 1. The van der Waals surface area contributed by atoms with Crippen molar-refractivity contribution >= 4 is 11.8 Å². The van der Waals surface area contributed by atoms with Crippen LogP contribution in [0.25, 0.3) is 0 Å². The summed E-state index contributed by atoms with van der Waals surface area (Å²) in [5, 5.41) is 10.8. The zero-order valence-corrected chi connectivity index (χ0v) is 13.1. The van der Waals surface area contributed by atoms with Gasteiger partial charge in [0.2, 0.25) is 0 Å². The topological polar surface area (TPSA) is 55.5 Å². The van der Waals surface area contributed by atoms with Gasteiger partial charge in [-0.25, -0.2) is 0 Å². The van der Waals surface area contributed by atoms with E-state index >= 15 is 0 Å². The molecular weight excluding hydrogens is 282 g/mol. The Morgan fingerprint density at radius 2 is 1.71 bits per heavy atom. The molecule has 0 saturated heterocycles. The molecule has 2 unspecified atom stereocenters. The highest BCUT2D eigenvalue weighted by atomic mass is 32.2. The SMILES string of the molecule is COc1ccccc1C(CN)C(O)c1ccccc1SC. The molecule has 0 spiro atoms. The van der Waals surface area contributed by atoms with Crippen molar-refractivity contribution in [2.75, 3.05) is 19.9 Å². The lowest BCUT2D eigenvalue weighted by Gasteiger charge is -2.25. The maximum atomic E-state index is 10.8. The average Bonchev–Trinajstić information content (AvgIpc) is 2.55. The molecule has 0 aromatic heterocycles. The number of hydrogen-bond acceptors (Lipinski definition) is 4. The van der Waals surface area contributed by atoms with Gasteiger partial charge in [-0.1, -0.05) is 36.4 Å². The summed E-state index contributed by atoms with van der Waals surface area (Å²) in [6.07, 6.45) is 1.35. The number of para-hydroxylation sites is 1. The number of rotatable bonds is 6. The first kappa shape index (κ1) is 15.9. The minimum Gasteiger partial charge on any atom is -0.496 e. The van der Waals surface area contributed by atoms with Crippen molar-refractivity contribution in [2.45, 2.75) is 16.9 Å². The Morgan fingerprint density at radius 1 is 1.10 bits per heavy atom. The van der Waals surface area contributed by atoms with E-state index in [0.29, 0.717) is 6.54 Å². The number of benzene rings is 2. The molecule has 2 atom stereocenters. The van der Waals surface area contributed by atoms with Crippen molar-refractivity contribution in [3.63, 3.8) is 0 Å². The second-order valence-electron chi connectivity index (χ2n) is 4.77. The smallest absolute Gasteiger partial charge is 0.122 e. The predicted octanol–water partition coefficient (Wildman–Crippen LogP) is 3.19. The number of ether oxygens (including phenoxy) is 1. The molecule has 0 saturated carbocycles. The van der Waals surface area contributed by atoms with Gasteiger partial charge in [0.25, 0.3) is 0 Å². The largest absolute Gasteiger partial charge is 0.496 e. The van der Waals surface area contributed by atoms with Crippen LogP contribution >= 0.6 is 11.8 Å². The monoisotopic (exact) mass is 303 g/mol. The second-order valence-corrected chi connectivity index (χ2v) is 5.62. The van der Waals surface area contributed by atoms with Crippen LogP contribution in [-0.2, 0) is 0 Å². The van der Waals surface area contributed by atoms with Gasteiger partial charge in [0.1, 0.15) is 5.75 Å². The molecule has 0 fully saturated rings. The Balaban J connectivity index is 2.41. The van der Waals surface area contributed by atoms with Crippen LogP contribution in [0.3, 0.4) is 0 Å². The van der Waals surface area contributed by atoms with E-state index in [4.69, 9.17) is 10.5 Å². The van der Waals surface area contributed by atoms with E-state index in [2.05, 4.69) is 0 Å². The molecule has 2 aromatic rings. The fraction of sp³-hybridized carbons (Fsp3) is 0.294. The summed E-state index contributed by atoms with van der Waals surface area (Å²) in [6.45, 7) is 0.351. The molecule has 0 amide bonds. The fourth-order valence-electron chi connectivity index (χ4n) is 2.53. The van der Waals surface area contributed by atoms with Gasteiger partial charge in [0.15, 0.2) is 0 Å². The Bertz CT molecular complexity index is 589. The second kappa shape index (κ2) is 7.50. The van der Waals surface area contributed by atoms with Crippen LogP contribution in [-0.4, -0.2) is 25.0 Å². The van der Waals surface area contributed by atoms with Gasteiger partial charge in [0.05, 0.1) is 13.2 Å². The third-order valence-corrected chi connectivity index (χ3v) is 4.44. The van der Waals surface area contributed by atoms with Crippen molar-refractivity contribution in [1.82, 2.24) is 0 Å². The van der Waals surface area contributed by atoms with Crippen molar-refractivity contribution in [3.05, 3.63) is 59.7 Å². The summed E-state index contributed by atoms with van der Waals surface area (Å²) < 4.78 is 5.40. The number of hydrogen-bond donors (Lipinski definition) is 2. The molecule has 112 valence electrons. The minimum absolute atomic E-state index is 0.200. The molecule has 2 rings (SSSR count). The van der Waals surface area contributed by atoms with Gasteiger partial charge in [-0.05, 0) is 24.0 Å². The maximum Gasteiger partial charge on any atom is 0.122 e. The maximum absolute atomic E-state index is 10.8. The first-order valence-corrected chi connectivity index (χ1v) is 8.09. The Hall–Kier alpha value is -1.49. The summed E-state index contributed by atoms with van der Waals surface area (Å²) in [5.41, 5.74) is 7.78. The molecule has 0 heterocycles. The highest BCUT2D eigenvalue weighted by Gasteiger charge is 2.25. The zero-order valence-electron chi connectivity index (χ0n) is 12.3. The highest BCUT2D eigenvalue weighted by molar-refractivity contribution is 7.98. The number of methoxy groups -OCH3 is 1. The summed E-state index contributed by atoms with van der Waals surface area (Å²) in [7, 11) is 1.63. The lowest BCUT2D eigenvalue weighted by molar-refractivity contribution is 0.143. The molecule has 3 N–H and O–H groups in total. The molecule has 21 heavy (non-hydrogen) atoms. The van der Waals surface area contributed by atoms with Crippen molar-refractivity contribution < 1.29 is 9.84 Å². The van der Waals surface area contributed by atoms with Gasteiger partial charge in [-0.3, -0.25) is 0 Å². The number of nitrogens with two attached hydrogens (primary N) is 1. The van der Waals surface area contributed by atoms with Gasteiger partial charge in [0, 0.05) is 22.9 Å². The summed E-state index contributed by atoms with van der Waals surface area (Å²) in [6, 6.07) is 15.6. The molecular formula is C17H21NO2S. The number of thioether (sulfide) groups is 1. The summed E-state index contributed by atoms with van der Waals surface area (Å²) >= 11 is 1.62. The molecule has 3 nitrogen and oxygen atoms in total. The summed E-state index contributed by atoms with van der Waals surface area (Å²) in [5.74, 6) is 0.558. The average molecular weight is 303 g/mol. The van der Waals surface area contributed by atoms with E-state index in [1.807, 2.05) is 54.8 Å². The lowest BCUT2D eigenvalue weighted by atomic mass is 9.88. The van der Waals surface area contributed by atoms with Crippen molar-refractivity contribution in [1.29, 1.82) is 0 Å². The van der Waals surface area contributed by atoms with Gasteiger partial charge >= 0.3 is 0 Å². The highest BCUT2D eigenvalue weighted by Crippen LogP contribution is 2.38. The molecule has 2 aromatic carbocycles. The Kier molecular flexibility index (Phi) is 5.67. The van der Waals surface area contributed by atoms with E-state index in [1.165, 1.54) is 0 Å². The van der Waals surface area contributed by atoms with E-state index in [0.717, 1.165) is 21.8 Å². The van der Waals surface area contributed by atoms with Gasteiger partial charge in [-0.2, -0.15) is 0 Å². The Labute approximate surface area is 130 Å². The van der Waals surface area contributed by atoms with E-state index < -0.39 is 6.10 Å². The predicted molar refractivity (Wildman–Crippen MR) is 88.0 cm³/mol. The Morgan fingerprint density at radius 3 is 2.33 bits per heavy atom. The summed E-state index contributed by atoms with van der Waals surface area (Å²) in [4.78, 5) is 1.07.